The SMILES string of the molecule is Cc1cccc(N=c2scc(-c3ccc(Cl)cc3)n2N2CCN(C)CC2)c1C. The molecule has 6 heteroatoms. The van der Waals surface area contributed by atoms with E-state index in [4.69, 9.17) is 16.6 Å². The fourth-order valence-electron chi connectivity index (χ4n) is 3.43. The van der Waals surface area contributed by atoms with Crippen LogP contribution in [0.4, 0.5) is 5.69 Å². The van der Waals surface area contributed by atoms with Gasteiger partial charge in [0.1, 0.15) is 0 Å². The summed E-state index contributed by atoms with van der Waals surface area (Å²) in [5.74, 6) is 0. The van der Waals surface area contributed by atoms with Crippen molar-refractivity contribution in [1.82, 2.24) is 9.58 Å². The van der Waals surface area contributed by atoms with Crippen LogP contribution in [0.25, 0.3) is 11.3 Å². The van der Waals surface area contributed by atoms with Gasteiger partial charge in [0, 0.05) is 42.1 Å². The number of benzene rings is 2. The van der Waals surface area contributed by atoms with Crippen molar-refractivity contribution in [2.75, 3.05) is 38.2 Å². The third-order valence-corrected chi connectivity index (χ3v) is 6.45. The number of hydrogen-bond donors (Lipinski definition) is 0. The Labute approximate surface area is 175 Å². The van der Waals surface area contributed by atoms with Crippen LogP contribution >= 0.6 is 22.9 Å². The van der Waals surface area contributed by atoms with E-state index in [0.29, 0.717) is 0 Å². The van der Waals surface area contributed by atoms with Gasteiger partial charge in [0.05, 0.1) is 11.4 Å². The van der Waals surface area contributed by atoms with Gasteiger partial charge in [-0.1, -0.05) is 35.9 Å². The van der Waals surface area contributed by atoms with Gasteiger partial charge in [-0.2, -0.15) is 0 Å². The minimum Gasteiger partial charge on any atom is -0.308 e. The maximum atomic E-state index is 6.11. The van der Waals surface area contributed by atoms with Crippen molar-refractivity contribution in [1.29, 1.82) is 0 Å². The monoisotopic (exact) mass is 412 g/mol. The first kappa shape index (κ1) is 19.2. The van der Waals surface area contributed by atoms with Gasteiger partial charge in [-0.3, -0.25) is 0 Å². The first-order chi connectivity index (χ1) is 13.5. The van der Waals surface area contributed by atoms with E-state index < -0.39 is 0 Å². The van der Waals surface area contributed by atoms with E-state index in [1.807, 2.05) is 12.1 Å². The van der Waals surface area contributed by atoms with E-state index >= 15 is 0 Å². The van der Waals surface area contributed by atoms with Gasteiger partial charge in [-0.25, -0.2) is 9.67 Å². The number of thiazole rings is 1. The summed E-state index contributed by atoms with van der Waals surface area (Å²) in [7, 11) is 2.18. The maximum Gasteiger partial charge on any atom is 0.209 e. The van der Waals surface area contributed by atoms with Crippen LogP contribution in [0, 0.1) is 13.8 Å². The van der Waals surface area contributed by atoms with Crippen molar-refractivity contribution in [3.8, 4) is 11.3 Å². The van der Waals surface area contributed by atoms with E-state index in [9.17, 15) is 0 Å². The van der Waals surface area contributed by atoms with Crippen LogP contribution in [-0.4, -0.2) is 42.8 Å². The van der Waals surface area contributed by atoms with Crippen LogP contribution < -0.4 is 9.81 Å². The van der Waals surface area contributed by atoms with Gasteiger partial charge in [0.2, 0.25) is 4.80 Å². The number of hydrogen-bond acceptors (Lipinski definition) is 4. The van der Waals surface area contributed by atoms with Crippen LogP contribution in [0.5, 0.6) is 0 Å². The lowest BCUT2D eigenvalue weighted by Gasteiger charge is -2.35. The third kappa shape index (κ3) is 3.88. The summed E-state index contributed by atoms with van der Waals surface area (Å²) in [6, 6.07) is 14.4. The molecule has 0 radical (unpaired) electrons. The molecule has 4 rings (SSSR count). The smallest absolute Gasteiger partial charge is 0.209 e. The normalized spacial score (nSPS) is 16.0. The van der Waals surface area contributed by atoms with Gasteiger partial charge in [0.25, 0.3) is 0 Å². The summed E-state index contributed by atoms with van der Waals surface area (Å²) in [5.41, 5.74) is 5.85. The molecular weight excluding hydrogens is 388 g/mol. The Morgan fingerprint density at radius 1 is 0.964 bits per heavy atom. The number of piperazine rings is 1. The number of rotatable bonds is 3. The lowest BCUT2D eigenvalue weighted by Crippen LogP contribution is -2.52. The average Bonchev–Trinajstić information content (AvgIpc) is 3.10. The highest BCUT2D eigenvalue weighted by molar-refractivity contribution is 7.07. The molecule has 0 N–H and O–H groups in total. The lowest BCUT2D eigenvalue weighted by atomic mass is 10.1. The zero-order chi connectivity index (χ0) is 19.7. The van der Waals surface area contributed by atoms with Gasteiger partial charge in [-0.15, -0.1) is 11.3 Å². The Kier molecular flexibility index (Phi) is 5.58. The Hall–Kier alpha value is -2.08. The second-order valence-electron chi connectivity index (χ2n) is 7.31. The highest BCUT2D eigenvalue weighted by Crippen LogP contribution is 2.25. The number of likely N-dealkylation sites (N-methyl/N-ethyl adjacent to an activating group) is 1. The molecule has 4 nitrogen and oxygen atoms in total. The molecule has 146 valence electrons. The molecule has 0 aliphatic carbocycles. The van der Waals surface area contributed by atoms with Gasteiger partial charge >= 0.3 is 0 Å². The predicted octanol–water partition coefficient (Wildman–Crippen LogP) is 4.60. The quantitative estimate of drug-likeness (QED) is 0.627. The number of halogens is 1. The number of nitrogens with zero attached hydrogens (tertiary/aromatic N) is 4. The fraction of sp³-hybridized carbons (Fsp3) is 0.318. The summed E-state index contributed by atoms with van der Waals surface area (Å²) in [5, 5.41) is 5.36. The second kappa shape index (κ2) is 8.11. The summed E-state index contributed by atoms with van der Waals surface area (Å²) in [6.07, 6.45) is 0. The molecule has 0 saturated carbocycles. The maximum absolute atomic E-state index is 6.11. The van der Waals surface area contributed by atoms with Crippen LogP contribution in [0.1, 0.15) is 11.1 Å². The van der Waals surface area contributed by atoms with Crippen molar-refractivity contribution < 1.29 is 0 Å². The zero-order valence-corrected chi connectivity index (χ0v) is 18.1. The van der Waals surface area contributed by atoms with Crippen LogP contribution in [0.15, 0.2) is 52.8 Å². The molecule has 28 heavy (non-hydrogen) atoms. The van der Waals surface area contributed by atoms with Gasteiger partial charge in [-0.05, 0) is 50.2 Å². The van der Waals surface area contributed by atoms with Crippen LogP contribution in [-0.2, 0) is 0 Å². The summed E-state index contributed by atoms with van der Waals surface area (Å²) < 4.78 is 2.29. The topological polar surface area (TPSA) is 23.8 Å². The minimum atomic E-state index is 0.755. The molecule has 1 saturated heterocycles. The molecule has 1 aliphatic heterocycles. The van der Waals surface area contributed by atoms with E-state index in [-0.39, 0.29) is 0 Å². The molecule has 0 amide bonds. The molecule has 2 aromatic carbocycles. The molecule has 3 aromatic rings. The zero-order valence-electron chi connectivity index (χ0n) is 16.5. The van der Waals surface area contributed by atoms with Crippen molar-refractivity contribution >= 4 is 28.6 Å². The highest BCUT2D eigenvalue weighted by Gasteiger charge is 2.19. The van der Waals surface area contributed by atoms with Crippen molar-refractivity contribution in [3.05, 3.63) is 68.8 Å². The first-order valence-corrected chi connectivity index (χ1v) is 10.8. The van der Waals surface area contributed by atoms with Crippen molar-refractivity contribution in [2.24, 2.45) is 4.99 Å². The summed E-state index contributed by atoms with van der Waals surface area (Å²) in [4.78, 5) is 8.43. The van der Waals surface area contributed by atoms with E-state index in [0.717, 1.165) is 52.9 Å². The standard InChI is InChI=1S/C22H25ClN4S/c1-16-5-4-6-20(17(16)2)24-22-27(26-13-11-25(3)12-14-26)21(15-28-22)18-7-9-19(23)10-8-18/h4-10,15H,11-14H2,1-3H3. The molecule has 1 aliphatic rings. The molecule has 0 spiro atoms. The lowest BCUT2D eigenvalue weighted by molar-refractivity contribution is 0.287. The Morgan fingerprint density at radius 3 is 2.39 bits per heavy atom. The minimum absolute atomic E-state index is 0.755. The average molecular weight is 413 g/mol. The molecule has 1 fully saturated rings. The molecule has 0 bridgehead atoms. The second-order valence-corrected chi connectivity index (χ2v) is 8.58. The molecule has 2 heterocycles. The fourth-order valence-corrected chi connectivity index (χ4v) is 4.47. The van der Waals surface area contributed by atoms with Gasteiger partial charge < -0.3 is 9.91 Å². The highest BCUT2D eigenvalue weighted by atomic mass is 35.5. The van der Waals surface area contributed by atoms with Crippen LogP contribution in [0.3, 0.4) is 0 Å². The molecule has 0 unspecified atom stereocenters. The Bertz CT molecular complexity index is 1030. The Balaban J connectivity index is 1.85. The van der Waals surface area contributed by atoms with Crippen molar-refractivity contribution in [3.63, 3.8) is 0 Å². The first-order valence-electron chi connectivity index (χ1n) is 9.54. The number of aryl methyl sites for hydroxylation is 1. The van der Waals surface area contributed by atoms with Gasteiger partial charge in [0.15, 0.2) is 0 Å². The van der Waals surface area contributed by atoms with Crippen LogP contribution in [0.2, 0.25) is 5.02 Å². The van der Waals surface area contributed by atoms with E-state index in [1.54, 1.807) is 11.3 Å². The molecule has 0 atom stereocenters. The third-order valence-electron chi connectivity index (χ3n) is 5.38. The summed E-state index contributed by atoms with van der Waals surface area (Å²) >= 11 is 7.80. The molecular formula is C22H25ClN4S. The molecule has 1 aromatic heterocycles. The van der Waals surface area contributed by atoms with E-state index in [1.165, 1.54) is 11.1 Å². The largest absolute Gasteiger partial charge is 0.308 e. The Morgan fingerprint density at radius 2 is 1.68 bits per heavy atom. The van der Waals surface area contributed by atoms with Crippen molar-refractivity contribution in [2.45, 2.75) is 13.8 Å². The number of aromatic nitrogens is 1. The predicted molar refractivity (Wildman–Crippen MR) is 119 cm³/mol. The van der Waals surface area contributed by atoms with E-state index in [2.05, 4.69) is 71.2 Å². The summed E-state index contributed by atoms with van der Waals surface area (Å²) in [6.45, 7) is 8.33.